The third-order valence-electron chi connectivity index (χ3n) is 4.94. The van der Waals surface area contributed by atoms with Crippen molar-refractivity contribution in [1.29, 1.82) is 0 Å². The molecule has 0 aliphatic carbocycles. The topological polar surface area (TPSA) is 99.6 Å². The molecule has 0 amide bonds. The highest BCUT2D eigenvalue weighted by molar-refractivity contribution is 5.86. The van der Waals surface area contributed by atoms with E-state index in [9.17, 15) is 28.1 Å². The predicted octanol–water partition coefficient (Wildman–Crippen LogP) is 4.88. The minimum Gasteiger partial charge on any atom is -0.490 e. The van der Waals surface area contributed by atoms with E-state index >= 15 is 0 Å². The molecule has 0 aliphatic heterocycles. The number of halogens is 3. The van der Waals surface area contributed by atoms with Crippen LogP contribution in [-0.4, -0.2) is 27.9 Å². The molecule has 4 rings (SSSR count). The van der Waals surface area contributed by atoms with Gasteiger partial charge < -0.3 is 4.74 Å². The molecule has 172 valence electrons. The number of para-hydroxylation sites is 2. The number of hydrogen-bond donors (Lipinski definition) is 0. The lowest BCUT2D eigenvalue weighted by Gasteiger charge is -2.12. The number of nitro groups is 1. The molecule has 0 aliphatic rings. The van der Waals surface area contributed by atoms with Crippen molar-refractivity contribution in [2.24, 2.45) is 5.10 Å². The van der Waals surface area contributed by atoms with Crippen molar-refractivity contribution < 1.29 is 22.8 Å². The highest BCUT2D eigenvalue weighted by Gasteiger charge is 2.31. The monoisotopic (exact) mass is 468 g/mol. The second-order valence-corrected chi connectivity index (χ2v) is 7.05. The maximum absolute atomic E-state index is 13.3. The van der Waals surface area contributed by atoms with Gasteiger partial charge in [0.2, 0.25) is 5.75 Å². The summed E-state index contributed by atoms with van der Waals surface area (Å²) in [6.07, 6.45) is -3.45. The first-order valence-corrected chi connectivity index (χ1v) is 9.76. The van der Waals surface area contributed by atoms with Gasteiger partial charge in [0.1, 0.15) is 0 Å². The zero-order valence-electron chi connectivity index (χ0n) is 17.5. The molecule has 0 unspecified atom stereocenters. The molecular formula is C23H15F3N4O4. The van der Waals surface area contributed by atoms with Crippen LogP contribution in [0.3, 0.4) is 0 Å². The first-order valence-electron chi connectivity index (χ1n) is 9.76. The Hall–Kier alpha value is -4.54. The molecule has 0 fully saturated rings. The van der Waals surface area contributed by atoms with Crippen LogP contribution in [-0.2, 0) is 6.18 Å². The van der Waals surface area contributed by atoms with Gasteiger partial charge in [0.15, 0.2) is 5.82 Å². The second kappa shape index (κ2) is 8.77. The van der Waals surface area contributed by atoms with E-state index in [4.69, 9.17) is 4.74 Å². The van der Waals surface area contributed by atoms with Crippen LogP contribution in [0, 0.1) is 10.1 Å². The minimum absolute atomic E-state index is 0.0147. The molecule has 34 heavy (non-hydrogen) atoms. The summed E-state index contributed by atoms with van der Waals surface area (Å²) >= 11 is 0. The van der Waals surface area contributed by atoms with E-state index in [1.165, 1.54) is 43.5 Å². The molecule has 11 heteroatoms. The number of alkyl halides is 3. The number of fused-ring (bicyclic) bond motifs is 1. The van der Waals surface area contributed by atoms with Crippen LogP contribution in [0.25, 0.3) is 22.3 Å². The van der Waals surface area contributed by atoms with E-state index in [-0.39, 0.29) is 39.3 Å². The van der Waals surface area contributed by atoms with E-state index in [0.29, 0.717) is 0 Å². The molecule has 0 bridgehead atoms. The molecule has 0 saturated carbocycles. The largest absolute Gasteiger partial charge is 0.490 e. The maximum Gasteiger partial charge on any atom is 0.416 e. The average molecular weight is 468 g/mol. The van der Waals surface area contributed by atoms with Crippen LogP contribution < -0.4 is 10.3 Å². The molecule has 3 aromatic carbocycles. The van der Waals surface area contributed by atoms with Crippen LogP contribution in [0.4, 0.5) is 18.9 Å². The Morgan fingerprint density at radius 2 is 1.82 bits per heavy atom. The number of benzene rings is 3. The van der Waals surface area contributed by atoms with Gasteiger partial charge in [-0.15, -0.1) is 0 Å². The normalized spacial score (nSPS) is 11.8. The summed E-state index contributed by atoms with van der Waals surface area (Å²) in [4.78, 5) is 28.2. The number of aromatic nitrogens is 2. The summed E-state index contributed by atoms with van der Waals surface area (Å²) in [6, 6.07) is 14.8. The third kappa shape index (κ3) is 4.22. The summed E-state index contributed by atoms with van der Waals surface area (Å²) < 4.78 is 45.8. The highest BCUT2D eigenvalue weighted by Crippen LogP contribution is 2.32. The van der Waals surface area contributed by atoms with Gasteiger partial charge in [-0.25, -0.2) is 4.98 Å². The van der Waals surface area contributed by atoms with Crippen molar-refractivity contribution in [3.8, 4) is 17.1 Å². The van der Waals surface area contributed by atoms with Gasteiger partial charge in [-0.3, -0.25) is 14.9 Å². The van der Waals surface area contributed by atoms with Crippen LogP contribution in [0.1, 0.15) is 11.1 Å². The summed E-state index contributed by atoms with van der Waals surface area (Å²) in [6.45, 7) is 0. The Balaban J connectivity index is 1.95. The highest BCUT2D eigenvalue weighted by atomic mass is 19.4. The van der Waals surface area contributed by atoms with E-state index in [1.807, 2.05) is 0 Å². The van der Waals surface area contributed by atoms with Gasteiger partial charge in [0, 0.05) is 17.2 Å². The number of methoxy groups -OCH3 is 1. The molecule has 0 radical (unpaired) electrons. The van der Waals surface area contributed by atoms with Crippen molar-refractivity contribution in [1.82, 2.24) is 9.66 Å². The Morgan fingerprint density at radius 1 is 1.09 bits per heavy atom. The molecule has 0 N–H and O–H groups in total. The molecule has 1 heterocycles. The molecule has 8 nitrogen and oxygen atoms in total. The first-order chi connectivity index (χ1) is 16.2. The fourth-order valence-electron chi connectivity index (χ4n) is 3.38. The molecular weight excluding hydrogens is 453 g/mol. The minimum atomic E-state index is -4.60. The van der Waals surface area contributed by atoms with E-state index in [1.54, 1.807) is 18.2 Å². The lowest BCUT2D eigenvalue weighted by atomic mass is 10.1. The smallest absolute Gasteiger partial charge is 0.416 e. The molecule has 1 aromatic heterocycles. The Kier molecular flexibility index (Phi) is 5.84. The van der Waals surface area contributed by atoms with Gasteiger partial charge >= 0.3 is 11.9 Å². The van der Waals surface area contributed by atoms with Crippen molar-refractivity contribution >= 4 is 22.8 Å². The van der Waals surface area contributed by atoms with Gasteiger partial charge in [-0.1, -0.05) is 30.3 Å². The summed E-state index contributed by atoms with van der Waals surface area (Å²) in [5.41, 5.74) is -1.37. The molecule has 4 aromatic rings. The van der Waals surface area contributed by atoms with Crippen molar-refractivity contribution in [2.75, 3.05) is 7.11 Å². The fraction of sp³-hybridized carbons (Fsp3) is 0.0870. The standard InChI is InChI=1S/C23H15F3N4O4/c1-34-20-15(7-5-11-19(20)30(32)33)13-27-29-21(14-6-4-8-16(12-14)23(24,25)26)28-18-10-3-2-9-17(18)22(29)31/h2-13H,1H3. The molecule has 0 saturated heterocycles. The lowest BCUT2D eigenvalue weighted by Crippen LogP contribution is -2.20. The summed E-state index contributed by atoms with van der Waals surface area (Å²) in [7, 11) is 1.25. The fourth-order valence-corrected chi connectivity index (χ4v) is 3.38. The quantitative estimate of drug-likeness (QED) is 0.236. The maximum atomic E-state index is 13.3. The van der Waals surface area contributed by atoms with E-state index in [2.05, 4.69) is 10.1 Å². The van der Waals surface area contributed by atoms with Gasteiger partial charge in [0.05, 0.1) is 34.7 Å². The third-order valence-corrected chi connectivity index (χ3v) is 4.94. The zero-order valence-corrected chi connectivity index (χ0v) is 17.5. The SMILES string of the molecule is COc1c(C=Nn2c(-c3cccc(C(F)(F)F)c3)nc3ccccc3c2=O)cccc1[N+](=O)[O-]. The number of rotatable bonds is 5. The zero-order chi connectivity index (χ0) is 24.5. The lowest BCUT2D eigenvalue weighted by molar-refractivity contribution is -0.385. The number of nitrogens with zero attached hydrogens (tertiary/aromatic N) is 4. The molecule has 0 spiro atoms. The van der Waals surface area contributed by atoms with E-state index < -0.39 is 22.2 Å². The average Bonchev–Trinajstić information content (AvgIpc) is 2.82. The van der Waals surface area contributed by atoms with Crippen molar-refractivity contribution in [3.05, 3.63) is 98.3 Å². The van der Waals surface area contributed by atoms with Crippen LogP contribution in [0.2, 0.25) is 0 Å². The van der Waals surface area contributed by atoms with Crippen molar-refractivity contribution in [3.63, 3.8) is 0 Å². The predicted molar refractivity (Wildman–Crippen MR) is 119 cm³/mol. The van der Waals surface area contributed by atoms with Crippen LogP contribution in [0.5, 0.6) is 5.75 Å². The second-order valence-electron chi connectivity index (χ2n) is 7.05. The van der Waals surface area contributed by atoms with Crippen molar-refractivity contribution in [2.45, 2.75) is 6.18 Å². The Bertz CT molecular complexity index is 1500. The summed E-state index contributed by atoms with van der Waals surface area (Å²) in [5, 5.41) is 15.6. The van der Waals surface area contributed by atoms with Crippen LogP contribution >= 0.6 is 0 Å². The van der Waals surface area contributed by atoms with Gasteiger partial charge in [-0.05, 0) is 30.3 Å². The van der Waals surface area contributed by atoms with E-state index in [0.717, 1.165) is 23.0 Å². The summed E-state index contributed by atoms with van der Waals surface area (Å²) in [5.74, 6) is -0.214. The number of nitro benzene ring substituents is 1. The number of hydrogen-bond acceptors (Lipinski definition) is 6. The number of ether oxygens (including phenoxy) is 1. The first kappa shape index (κ1) is 22.6. The van der Waals surface area contributed by atoms with Gasteiger partial charge in [-0.2, -0.15) is 22.9 Å². The Labute approximate surface area is 189 Å². The van der Waals surface area contributed by atoms with Gasteiger partial charge in [0.25, 0.3) is 5.56 Å². The molecule has 0 atom stereocenters. The van der Waals surface area contributed by atoms with Crippen LogP contribution in [0.15, 0.2) is 76.6 Å². The Morgan fingerprint density at radius 3 is 2.53 bits per heavy atom.